The van der Waals surface area contributed by atoms with Crippen LogP contribution in [0.1, 0.15) is 74.8 Å². The zero-order valence-electron chi connectivity index (χ0n) is 28.9. The number of fused-ring (bicyclic) bond motifs is 1. The number of imide groups is 2. The largest absolute Gasteiger partial charge is 0.371 e. The summed E-state index contributed by atoms with van der Waals surface area (Å²) >= 11 is 0. The molecule has 5 amide bonds. The lowest BCUT2D eigenvalue weighted by molar-refractivity contribution is -0.136. The van der Waals surface area contributed by atoms with Gasteiger partial charge in [-0.2, -0.15) is 0 Å². The summed E-state index contributed by atoms with van der Waals surface area (Å²) in [5.74, 6) is -1.23. The van der Waals surface area contributed by atoms with Crippen molar-refractivity contribution in [2.75, 3.05) is 42.9 Å². The molecule has 3 saturated heterocycles. The minimum absolute atomic E-state index is 0.0447. The number of carbonyl (C=O) groups is 5. The van der Waals surface area contributed by atoms with E-state index in [-0.39, 0.29) is 24.4 Å². The third-order valence-corrected chi connectivity index (χ3v) is 10.7. The van der Waals surface area contributed by atoms with E-state index in [0.29, 0.717) is 34.4 Å². The van der Waals surface area contributed by atoms with Gasteiger partial charge in [0, 0.05) is 55.4 Å². The first-order valence-corrected chi connectivity index (χ1v) is 17.9. The van der Waals surface area contributed by atoms with Gasteiger partial charge in [0.2, 0.25) is 11.8 Å². The van der Waals surface area contributed by atoms with E-state index in [1.807, 2.05) is 24.3 Å². The molecule has 53 heavy (non-hydrogen) atoms. The molecular formula is C38H38N10O5. The summed E-state index contributed by atoms with van der Waals surface area (Å²) in [5, 5.41) is 13.5. The molecule has 3 fully saturated rings. The molecule has 15 heteroatoms. The van der Waals surface area contributed by atoms with Gasteiger partial charge in [-0.1, -0.05) is 12.1 Å². The van der Waals surface area contributed by atoms with Crippen molar-refractivity contribution >= 4 is 46.7 Å². The number of carbonyl (C=O) groups excluding carboxylic acids is 5. The number of aromatic nitrogens is 4. The van der Waals surface area contributed by atoms with Crippen molar-refractivity contribution in [2.45, 2.75) is 44.1 Å². The Morgan fingerprint density at radius 2 is 1.70 bits per heavy atom. The van der Waals surface area contributed by atoms with Crippen LogP contribution in [0, 0.1) is 5.92 Å². The number of piperidine rings is 2. The molecule has 0 radical (unpaired) electrons. The third kappa shape index (κ3) is 6.82. The van der Waals surface area contributed by atoms with Crippen LogP contribution in [0.4, 0.5) is 17.2 Å². The highest BCUT2D eigenvalue weighted by atomic mass is 16.2. The molecule has 6 heterocycles. The lowest BCUT2D eigenvalue weighted by atomic mass is 9.89. The van der Waals surface area contributed by atoms with Gasteiger partial charge in [0.05, 0.1) is 11.1 Å². The molecule has 4 aromatic rings. The fraction of sp³-hybridized carbons (Fsp3) is 0.342. The van der Waals surface area contributed by atoms with Crippen molar-refractivity contribution in [1.82, 2.24) is 35.3 Å². The van der Waals surface area contributed by atoms with Crippen molar-refractivity contribution < 1.29 is 24.0 Å². The fourth-order valence-corrected chi connectivity index (χ4v) is 7.86. The molecule has 2 unspecified atom stereocenters. The quantitative estimate of drug-likeness (QED) is 0.215. The molecule has 0 bridgehead atoms. The molecule has 0 saturated carbocycles. The molecule has 2 aromatic heterocycles. The van der Waals surface area contributed by atoms with E-state index in [2.05, 4.69) is 52.7 Å². The van der Waals surface area contributed by atoms with Crippen LogP contribution in [0.5, 0.6) is 0 Å². The standard InChI is InChI=1S/C38H38N10O5/c39-33(50)32-35(43-34(45-44-32)25-2-1-14-40-19-25)41-26-5-3-23(4-6-26)24-12-15-46(16-13-24)20-22-11-17-47(21-22)27-7-8-28-29(18-27)38(53)48(37(28)52)30-9-10-31(49)42-36(30)51/h1-8,14,18-19,22,24,30H,9-13,15-17,20-21H2,(H2,39,50)(H,41,43,45)(H,42,49,51). The van der Waals surface area contributed by atoms with Crippen LogP contribution < -0.4 is 21.3 Å². The molecule has 4 N–H and O–H groups in total. The predicted octanol–water partition coefficient (Wildman–Crippen LogP) is 2.88. The number of nitrogens with one attached hydrogen (secondary N) is 2. The number of primary amides is 1. The molecule has 270 valence electrons. The molecule has 8 rings (SSSR count). The summed E-state index contributed by atoms with van der Waals surface area (Å²) in [5.41, 5.74) is 9.69. The van der Waals surface area contributed by atoms with Crippen molar-refractivity contribution in [2.24, 2.45) is 11.7 Å². The second-order valence-corrected chi connectivity index (χ2v) is 14.0. The molecule has 2 aromatic carbocycles. The lowest BCUT2D eigenvalue weighted by Gasteiger charge is -2.34. The highest BCUT2D eigenvalue weighted by molar-refractivity contribution is 6.23. The van der Waals surface area contributed by atoms with E-state index in [0.717, 1.165) is 68.3 Å². The number of nitrogens with two attached hydrogens (primary N) is 1. The smallest absolute Gasteiger partial charge is 0.273 e. The van der Waals surface area contributed by atoms with Gasteiger partial charge in [-0.05, 0) is 98.6 Å². The van der Waals surface area contributed by atoms with Gasteiger partial charge in [0.1, 0.15) is 6.04 Å². The average molecular weight is 715 g/mol. The summed E-state index contributed by atoms with van der Waals surface area (Å²) in [6.45, 7) is 4.70. The number of likely N-dealkylation sites (tertiary alicyclic amines) is 1. The minimum atomic E-state index is -0.973. The Labute approximate surface area is 305 Å². The fourth-order valence-electron chi connectivity index (χ4n) is 7.86. The molecule has 0 spiro atoms. The number of amides is 5. The van der Waals surface area contributed by atoms with Crippen LogP contribution in [0.15, 0.2) is 67.0 Å². The Kier molecular flexibility index (Phi) is 9.08. The first kappa shape index (κ1) is 34.0. The van der Waals surface area contributed by atoms with E-state index in [1.54, 1.807) is 30.6 Å². The summed E-state index contributed by atoms with van der Waals surface area (Å²) < 4.78 is 0. The van der Waals surface area contributed by atoms with E-state index in [4.69, 9.17) is 5.73 Å². The number of pyridine rings is 1. The van der Waals surface area contributed by atoms with E-state index < -0.39 is 35.6 Å². The third-order valence-electron chi connectivity index (χ3n) is 10.7. The topological polar surface area (TPSA) is 197 Å². The maximum absolute atomic E-state index is 13.3. The summed E-state index contributed by atoms with van der Waals surface area (Å²) in [4.78, 5) is 76.9. The lowest BCUT2D eigenvalue weighted by Crippen LogP contribution is -2.54. The Bertz CT molecular complexity index is 2100. The predicted molar refractivity (Wildman–Crippen MR) is 193 cm³/mol. The van der Waals surface area contributed by atoms with E-state index in [1.165, 1.54) is 5.56 Å². The van der Waals surface area contributed by atoms with Gasteiger partial charge in [0.15, 0.2) is 17.3 Å². The van der Waals surface area contributed by atoms with Gasteiger partial charge in [-0.15, -0.1) is 10.2 Å². The minimum Gasteiger partial charge on any atom is -0.371 e. The first-order valence-electron chi connectivity index (χ1n) is 17.9. The van der Waals surface area contributed by atoms with Gasteiger partial charge in [0.25, 0.3) is 17.7 Å². The monoisotopic (exact) mass is 714 g/mol. The number of rotatable bonds is 9. The Morgan fingerprint density at radius 1 is 0.906 bits per heavy atom. The maximum Gasteiger partial charge on any atom is 0.273 e. The Balaban J connectivity index is 0.843. The highest BCUT2D eigenvalue weighted by Crippen LogP contribution is 2.34. The van der Waals surface area contributed by atoms with Gasteiger partial charge >= 0.3 is 0 Å². The van der Waals surface area contributed by atoms with Crippen molar-refractivity contribution in [3.8, 4) is 11.4 Å². The number of hydrogen-bond acceptors (Lipinski definition) is 12. The average Bonchev–Trinajstić information content (AvgIpc) is 3.74. The van der Waals surface area contributed by atoms with Crippen LogP contribution in [0.2, 0.25) is 0 Å². The Morgan fingerprint density at radius 3 is 2.43 bits per heavy atom. The normalized spacial score (nSPS) is 20.8. The highest BCUT2D eigenvalue weighted by Gasteiger charge is 2.45. The van der Waals surface area contributed by atoms with Crippen LogP contribution in [0.3, 0.4) is 0 Å². The number of nitrogens with zero attached hydrogens (tertiary/aromatic N) is 7. The van der Waals surface area contributed by atoms with Crippen LogP contribution in [0.25, 0.3) is 11.4 Å². The van der Waals surface area contributed by atoms with Gasteiger partial charge < -0.3 is 20.9 Å². The van der Waals surface area contributed by atoms with Crippen molar-refractivity contribution in [1.29, 1.82) is 0 Å². The SMILES string of the molecule is NC(=O)c1nnc(-c2cccnc2)nc1Nc1ccc(C2CCN(CC3CCN(c4ccc5c(c4)C(=O)N(C4CCC(=O)NC4=O)C5=O)C3)CC2)cc1. The number of anilines is 3. The van der Waals surface area contributed by atoms with Crippen molar-refractivity contribution in [3.05, 3.63) is 89.4 Å². The van der Waals surface area contributed by atoms with Crippen molar-refractivity contribution in [3.63, 3.8) is 0 Å². The van der Waals surface area contributed by atoms with E-state index in [9.17, 15) is 24.0 Å². The maximum atomic E-state index is 13.3. The summed E-state index contributed by atoms with van der Waals surface area (Å²) in [6, 6.07) is 16.1. The molecular weight excluding hydrogens is 676 g/mol. The molecule has 4 aliphatic rings. The van der Waals surface area contributed by atoms with Crippen LogP contribution in [-0.4, -0.2) is 98.3 Å². The van der Waals surface area contributed by atoms with Crippen LogP contribution >= 0.6 is 0 Å². The Hall–Kier alpha value is -6.09. The first-order chi connectivity index (χ1) is 25.7. The molecule has 0 aliphatic carbocycles. The van der Waals surface area contributed by atoms with Gasteiger partial charge in [-0.25, -0.2) is 4.98 Å². The second-order valence-electron chi connectivity index (χ2n) is 14.0. The van der Waals surface area contributed by atoms with E-state index >= 15 is 0 Å². The summed E-state index contributed by atoms with van der Waals surface area (Å²) in [6.07, 6.45) is 6.63. The zero-order chi connectivity index (χ0) is 36.6. The van der Waals surface area contributed by atoms with Gasteiger partial charge in [-0.3, -0.25) is 39.2 Å². The second kappa shape index (κ2) is 14.1. The summed E-state index contributed by atoms with van der Waals surface area (Å²) in [7, 11) is 0. The molecule has 15 nitrogen and oxygen atoms in total. The number of benzene rings is 2. The zero-order valence-corrected chi connectivity index (χ0v) is 28.9. The molecule has 2 atom stereocenters. The molecule has 4 aliphatic heterocycles. The van der Waals surface area contributed by atoms with Crippen LogP contribution in [-0.2, 0) is 9.59 Å². The number of hydrogen-bond donors (Lipinski definition) is 3.